The summed E-state index contributed by atoms with van der Waals surface area (Å²) in [5.74, 6) is 1.53. The van der Waals surface area contributed by atoms with Crippen molar-refractivity contribution in [1.82, 2.24) is 9.97 Å². The molecule has 1 saturated heterocycles. The van der Waals surface area contributed by atoms with Crippen molar-refractivity contribution in [3.05, 3.63) is 42.5 Å². The van der Waals surface area contributed by atoms with Crippen LogP contribution in [0, 0.1) is 11.7 Å². The lowest BCUT2D eigenvalue weighted by Crippen LogP contribution is -2.34. The molecule has 118 valence electrons. The van der Waals surface area contributed by atoms with Crippen molar-refractivity contribution >= 4 is 27.4 Å². The second-order valence-corrected chi connectivity index (χ2v) is 7.27. The first-order valence-electron chi connectivity index (χ1n) is 7.96. The lowest BCUT2D eigenvalue weighted by atomic mass is 10.0. The normalized spacial score (nSPS) is 18.5. The van der Waals surface area contributed by atoms with E-state index in [1.54, 1.807) is 17.7 Å². The molecule has 1 fully saturated rings. The number of hydrogen-bond donors (Lipinski definition) is 0. The summed E-state index contributed by atoms with van der Waals surface area (Å²) in [6, 6.07) is 8.70. The third-order valence-electron chi connectivity index (χ3n) is 4.38. The maximum atomic E-state index is 13.1. The van der Waals surface area contributed by atoms with Gasteiger partial charge in [-0.2, -0.15) is 0 Å². The van der Waals surface area contributed by atoms with Crippen LogP contribution in [-0.2, 0) is 0 Å². The van der Waals surface area contributed by atoms with E-state index in [4.69, 9.17) is 0 Å². The molecule has 2 aromatic heterocycles. The standard InChI is InChI=1S/C18H18FN3S/c1-12-3-2-8-22(10-12)18-17-15(20-11-21-18)9-16(23-17)13-4-6-14(19)7-5-13/h4-7,9,11-12H,2-3,8,10H2,1H3. The zero-order valence-electron chi connectivity index (χ0n) is 13.0. The Morgan fingerprint density at radius 1 is 1.22 bits per heavy atom. The molecule has 3 nitrogen and oxygen atoms in total. The van der Waals surface area contributed by atoms with Crippen LogP contribution in [0.15, 0.2) is 36.7 Å². The Morgan fingerprint density at radius 3 is 2.83 bits per heavy atom. The topological polar surface area (TPSA) is 29.0 Å². The van der Waals surface area contributed by atoms with Crippen molar-refractivity contribution in [3.8, 4) is 10.4 Å². The van der Waals surface area contributed by atoms with Gasteiger partial charge in [0.05, 0.1) is 10.2 Å². The monoisotopic (exact) mass is 327 g/mol. The van der Waals surface area contributed by atoms with Crippen molar-refractivity contribution < 1.29 is 4.39 Å². The molecule has 0 saturated carbocycles. The molecule has 5 heteroatoms. The summed E-state index contributed by atoms with van der Waals surface area (Å²) >= 11 is 1.69. The van der Waals surface area contributed by atoms with E-state index in [1.165, 1.54) is 25.0 Å². The Balaban J connectivity index is 1.76. The molecule has 0 aliphatic carbocycles. The number of anilines is 1. The van der Waals surface area contributed by atoms with Gasteiger partial charge in [-0.1, -0.05) is 19.1 Å². The number of thiophene rings is 1. The number of fused-ring (bicyclic) bond motifs is 1. The van der Waals surface area contributed by atoms with Gasteiger partial charge in [0.2, 0.25) is 0 Å². The maximum absolute atomic E-state index is 13.1. The zero-order valence-corrected chi connectivity index (χ0v) is 13.8. The summed E-state index contributed by atoms with van der Waals surface area (Å²) in [6.07, 6.45) is 4.15. The number of piperidine rings is 1. The molecule has 1 aromatic carbocycles. The molecule has 0 amide bonds. The highest BCUT2D eigenvalue weighted by atomic mass is 32.1. The number of halogens is 1. The van der Waals surface area contributed by atoms with Crippen LogP contribution in [0.3, 0.4) is 0 Å². The number of rotatable bonds is 2. The van der Waals surface area contributed by atoms with Crippen molar-refractivity contribution in [2.24, 2.45) is 5.92 Å². The van der Waals surface area contributed by atoms with Crippen molar-refractivity contribution in [3.63, 3.8) is 0 Å². The van der Waals surface area contributed by atoms with Crippen LogP contribution >= 0.6 is 11.3 Å². The summed E-state index contributed by atoms with van der Waals surface area (Å²) in [5, 5.41) is 0. The summed E-state index contributed by atoms with van der Waals surface area (Å²) in [6.45, 7) is 4.40. The number of nitrogens with zero attached hydrogens (tertiary/aromatic N) is 3. The average molecular weight is 327 g/mol. The van der Waals surface area contributed by atoms with E-state index >= 15 is 0 Å². The molecule has 3 heterocycles. The van der Waals surface area contributed by atoms with Gasteiger partial charge in [0.25, 0.3) is 0 Å². The number of aromatic nitrogens is 2. The number of hydrogen-bond acceptors (Lipinski definition) is 4. The molecule has 0 N–H and O–H groups in total. The van der Waals surface area contributed by atoms with Gasteiger partial charge in [-0.15, -0.1) is 11.3 Å². The summed E-state index contributed by atoms with van der Waals surface area (Å²) in [7, 11) is 0. The predicted octanol–water partition coefficient (Wildman–Crippen LogP) is 4.73. The summed E-state index contributed by atoms with van der Waals surface area (Å²) < 4.78 is 14.3. The zero-order chi connectivity index (χ0) is 15.8. The first kappa shape index (κ1) is 14.6. The molecule has 1 aliphatic rings. The third-order valence-corrected chi connectivity index (χ3v) is 5.55. The smallest absolute Gasteiger partial charge is 0.150 e. The lowest BCUT2D eigenvalue weighted by Gasteiger charge is -2.31. The fourth-order valence-corrected chi connectivity index (χ4v) is 4.34. The van der Waals surface area contributed by atoms with Crippen molar-refractivity contribution in [2.45, 2.75) is 19.8 Å². The molecule has 0 spiro atoms. The molecule has 4 rings (SSSR count). The van der Waals surface area contributed by atoms with Gasteiger partial charge in [0.1, 0.15) is 18.0 Å². The van der Waals surface area contributed by atoms with Gasteiger partial charge >= 0.3 is 0 Å². The second kappa shape index (κ2) is 5.89. The summed E-state index contributed by atoms with van der Waals surface area (Å²) in [5.41, 5.74) is 1.99. The largest absolute Gasteiger partial charge is 0.355 e. The Morgan fingerprint density at radius 2 is 2.04 bits per heavy atom. The molecule has 0 bridgehead atoms. The third kappa shape index (κ3) is 2.81. The Hall–Kier alpha value is -2.01. The molecular formula is C18H18FN3S. The molecule has 23 heavy (non-hydrogen) atoms. The minimum absolute atomic E-state index is 0.211. The van der Waals surface area contributed by atoms with Crippen LogP contribution in [-0.4, -0.2) is 23.1 Å². The fourth-order valence-electron chi connectivity index (χ4n) is 3.21. The molecule has 1 aliphatic heterocycles. The van der Waals surface area contributed by atoms with E-state index in [0.717, 1.165) is 39.6 Å². The minimum atomic E-state index is -0.211. The van der Waals surface area contributed by atoms with E-state index in [9.17, 15) is 4.39 Å². The average Bonchev–Trinajstić information content (AvgIpc) is 2.99. The molecule has 3 aromatic rings. The van der Waals surface area contributed by atoms with E-state index in [-0.39, 0.29) is 5.82 Å². The van der Waals surface area contributed by atoms with Crippen LogP contribution in [0.25, 0.3) is 20.7 Å². The predicted molar refractivity (Wildman–Crippen MR) is 93.4 cm³/mol. The van der Waals surface area contributed by atoms with Gasteiger partial charge in [-0.25, -0.2) is 14.4 Å². The van der Waals surface area contributed by atoms with Gasteiger partial charge in [-0.3, -0.25) is 0 Å². The molecule has 1 unspecified atom stereocenters. The SMILES string of the molecule is CC1CCCN(c2ncnc3cc(-c4ccc(F)cc4)sc23)C1. The van der Waals surface area contributed by atoms with Crippen LogP contribution in [0.1, 0.15) is 19.8 Å². The quantitative estimate of drug-likeness (QED) is 0.681. The molecule has 1 atom stereocenters. The second-order valence-electron chi connectivity index (χ2n) is 6.22. The minimum Gasteiger partial charge on any atom is -0.355 e. The van der Waals surface area contributed by atoms with Crippen LogP contribution in [0.4, 0.5) is 10.2 Å². The first-order chi connectivity index (χ1) is 11.2. The molecule has 0 radical (unpaired) electrons. The van der Waals surface area contributed by atoms with Crippen LogP contribution in [0.2, 0.25) is 0 Å². The van der Waals surface area contributed by atoms with Crippen LogP contribution < -0.4 is 4.90 Å². The lowest BCUT2D eigenvalue weighted by molar-refractivity contribution is 0.445. The van der Waals surface area contributed by atoms with Gasteiger partial charge in [-0.05, 0) is 42.5 Å². The van der Waals surface area contributed by atoms with E-state index in [0.29, 0.717) is 5.92 Å². The van der Waals surface area contributed by atoms with Gasteiger partial charge in [0, 0.05) is 18.0 Å². The summed E-state index contributed by atoms with van der Waals surface area (Å²) in [4.78, 5) is 12.5. The number of benzene rings is 1. The van der Waals surface area contributed by atoms with Gasteiger partial charge < -0.3 is 4.90 Å². The van der Waals surface area contributed by atoms with Crippen LogP contribution in [0.5, 0.6) is 0 Å². The Labute approximate surface area is 138 Å². The molecular weight excluding hydrogens is 309 g/mol. The van der Waals surface area contributed by atoms with E-state index < -0.39 is 0 Å². The van der Waals surface area contributed by atoms with Gasteiger partial charge in [0.15, 0.2) is 0 Å². The Bertz CT molecular complexity index is 828. The maximum Gasteiger partial charge on any atom is 0.150 e. The van der Waals surface area contributed by atoms with Crippen molar-refractivity contribution in [1.29, 1.82) is 0 Å². The van der Waals surface area contributed by atoms with E-state index in [1.807, 2.05) is 12.1 Å². The van der Waals surface area contributed by atoms with Crippen molar-refractivity contribution in [2.75, 3.05) is 18.0 Å². The fraction of sp³-hybridized carbons (Fsp3) is 0.333. The first-order valence-corrected chi connectivity index (χ1v) is 8.78. The highest BCUT2D eigenvalue weighted by Crippen LogP contribution is 2.37. The highest BCUT2D eigenvalue weighted by molar-refractivity contribution is 7.22. The Kier molecular flexibility index (Phi) is 3.73. The van der Waals surface area contributed by atoms with E-state index in [2.05, 4.69) is 27.9 Å². The highest BCUT2D eigenvalue weighted by Gasteiger charge is 2.21.